The predicted molar refractivity (Wildman–Crippen MR) is 146 cm³/mol. The number of rotatable bonds is 5. The molecule has 0 atom stereocenters. The third-order valence-electron chi connectivity index (χ3n) is 6.43. The number of carbonyl (C=O) groups excluding carboxylic acids is 1. The number of anilines is 2. The number of fused-ring (bicyclic) bond motifs is 1. The first-order valence-corrected chi connectivity index (χ1v) is 12.7. The summed E-state index contributed by atoms with van der Waals surface area (Å²) in [6, 6.07) is 6.49. The Labute approximate surface area is 236 Å². The van der Waals surface area contributed by atoms with E-state index in [9.17, 15) is 22.4 Å². The Morgan fingerprint density at radius 3 is 2.48 bits per heavy atom. The van der Waals surface area contributed by atoms with Gasteiger partial charge in [-0.25, -0.2) is 19.0 Å². The molecule has 0 unspecified atom stereocenters. The van der Waals surface area contributed by atoms with Crippen LogP contribution >= 0.6 is 0 Å². The van der Waals surface area contributed by atoms with Crippen molar-refractivity contribution in [1.82, 2.24) is 25.1 Å². The first-order valence-electron chi connectivity index (χ1n) is 12.7. The van der Waals surface area contributed by atoms with Gasteiger partial charge in [-0.3, -0.25) is 9.59 Å². The number of ether oxygens (including phenoxy) is 1. The number of halogens is 4. The molecule has 4 aromatic rings. The fourth-order valence-corrected chi connectivity index (χ4v) is 4.51. The summed E-state index contributed by atoms with van der Waals surface area (Å²) in [5.74, 6) is -2.54. The first kappa shape index (κ1) is 30.2. The summed E-state index contributed by atoms with van der Waals surface area (Å²) >= 11 is 0. The van der Waals surface area contributed by atoms with Crippen molar-refractivity contribution >= 4 is 34.4 Å². The highest BCUT2D eigenvalue weighted by Crippen LogP contribution is 2.37. The zero-order chi connectivity index (χ0) is 30.6. The molecule has 0 spiro atoms. The fraction of sp³-hybridized carbons (Fsp3) is 0.296. The number of carboxylic acids is 1. The van der Waals surface area contributed by atoms with Crippen molar-refractivity contribution in [3.8, 4) is 17.0 Å². The smallest absolute Gasteiger partial charge is 0.416 e. The molecule has 1 fully saturated rings. The van der Waals surface area contributed by atoms with E-state index in [0.717, 1.165) is 32.9 Å². The molecular weight excluding hydrogens is 562 g/mol. The fourth-order valence-electron chi connectivity index (χ4n) is 4.51. The molecule has 42 heavy (non-hydrogen) atoms. The van der Waals surface area contributed by atoms with Crippen LogP contribution < -0.4 is 21.1 Å². The number of piperidine rings is 1. The van der Waals surface area contributed by atoms with Crippen LogP contribution in [0.15, 0.2) is 42.7 Å². The molecule has 5 N–H and O–H groups in total. The summed E-state index contributed by atoms with van der Waals surface area (Å²) in [5, 5.41) is 18.5. The van der Waals surface area contributed by atoms with Gasteiger partial charge in [0, 0.05) is 12.5 Å². The molecule has 0 radical (unpaired) electrons. The zero-order valence-corrected chi connectivity index (χ0v) is 22.5. The quantitative estimate of drug-likeness (QED) is 0.246. The maximum Gasteiger partial charge on any atom is 0.416 e. The number of hydrogen-bond donors (Lipinski definition) is 4. The van der Waals surface area contributed by atoms with Crippen LogP contribution in [-0.4, -0.2) is 56.9 Å². The number of carboxylic acid groups (broad SMARTS) is 1. The molecule has 15 heteroatoms. The maximum atomic E-state index is 14.2. The van der Waals surface area contributed by atoms with E-state index in [2.05, 4.69) is 20.6 Å². The molecule has 222 valence electrons. The first-order chi connectivity index (χ1) is 19.9. The van der Waals surface area contributed by atoms with Crippen molar-refractivity contribution in [2.75, 3.05) is 31.2 Å². The normalized spacial score (nSPS) is 13.8. The van der Waals surface area contributed by atoms with E-state index in [4.69, 9.17) is 25.5 Å². The van der Waals surface area contributed by atoms with Gasteiger partial charge in [-0.05, 0) is 56.3 Å². The summed E-state index contributed by atoms with van der Waals surface area (Å²) in [6.07, 6.45) is -1.62. The summed E-state index contributed by atoms with van der Waals surface area (Å²) < 4.78 is 60.7. The zero-order valence-electron chi connectivity index (χ0n) is 22.5. The van der Waals surface area contributed by atoms with Crippen molar-refractivity contribution in [1.29, 1.82) is 0 Å². The monoisotopic (exact) mass is 589 g/mol. The minimum atomic E-state index is -4.73. The van der Waals surface area contributed by atoms with Crippen LogP contribution in [0.25, 0.3) is 22.3 Å². The Kier molecular flexibility index (Phi) is 8.90. The van der Waals surface area contributed by atoms with E-state index in [1.165, 1.54) is 19.5 Å². The Morgan fingerprint density at radius 2 is 1.83 bits per heavy atom. The molecule has 1 saturated heterocycles. The molecule has 2 aromatic heterocycles. The highest BCUT2D eigenvalue weighted by molar-refractivity contribution is 6.06. The van der Waals surface area contributed by atoms with Gasteiger partial charge in [0.1, 0.15) is 29.4 Å². The van der Waals surface area contributed by atoms with Gasteiger partial charge in [0.2, 0.25) is 0 Å². The van der Waals surface area contributed by atoms with E-state index >= 15 is 0 Å². The molecule has 1 aliphatic rings. The number of alkyl halides is 3. The molecular formula is C27H27F4N7O4. The van der Waals surface area contributed by atoms with Gasteiger partial charge in [-0.2, -0.15) is 18.3 Å². The van der Waals surface area contributed by atoms with Crippen molar-refractivity contribution in [3.63, 3.8) is 0 Å². The van der Waals surface area contributed by atoms with Crippen molar-refractivity contribution in [2.45, 2.75) is 32.0 Å². The van der Waals surface area contributed by atoms with Crippen LogP contribution in [0.3, 0.4) is 0 Å². The lowest BCUT2D eigenvalue weighted by Gasteiger charge is -2.23. The van der Waals surface area contributed by atoms with Crippen LogP contribution in [0.1, 0.15) is 41.7 Å². The number of aliphatic carboxylic acids is 1. The average molecular weight is 590 g/mol. The molecule has 3 heterocycles. The lowest BCUT2D eigenvalue weighted by molar-refractivity contribution is -0.137. The molecule has 1 amide bonds. The molecule has 0 aliphatic carbocycles. The van der Waals surface area contributed by atoms with Crippen molar-refractivity contribution < 1.29 is 37.0 Å². The van der Waals surface area contributed by atoms with Gasteiger partial charge >= 0.3 is 6.18 Å². The number of benzene rings is 2. The summed E-state index contributed by atoms with van der Waals surface area (Å²) in [5.41, 5.74) is 6.14. The van der Waals surface area contributed by atoms with E-state index in [0.29, 0.717) is 40.5 Å². The minimum Gasteiger partial charge on any atom is -0.495 e. The SMILES string of the molecule is CC(=O)O.COc1cc(-c2nn(C3CCNCC3)c3ncnc(N)c23)ccc1NC(=O)c1cc(C(F)(F)F)ccc1F. The highest BCUT2D eigenvalue weighted by atomic mass is 19.4. The average Bonchev–Trinajstić information content (AvgIpc) is 3.34. The van der Waals surface area contributed by atoms with Gasteiger partial charge < -0.3 is 26.2 Å². The van der Waals surface area contributed by atoms with Crippen LogP contribution in [0.5, 0.6) is 5.75 Å². The second kappa shape index (κ2) is 12.4. The second-order valence-corrected chi connectivity index (χ2v) is 9.31. The third-order valence-corrected chi connectivity index (χ3v) is 6.43. The molecule has 0 bridgehead atoms. The number of nitrogens with zero attached hydrogens (tertiary/aromatic N) is 4. The van der Waals surface area contributed by atoms with E-state index in [1.54, 1.807) is 12.1 Å². The Hall–Kier alpha value is -4.79. The van der Waals surface area contributed by atoms with Gasteiger partial charge in [0.05, 0.1) is 35.4 Å². The molecule has 11 nitrogen and oxygen atoms in total. The van der Waals surface area contributed by atoms with Gasteiger partial charge in [-0.15, -0.1) is 0 Å². The van der Waals surface area contributed by atoms with Crippen molar-refractivity contribution in [3.05, 3.63) is 59.7 Å². The van der Waals surface area contributed by atoms with Crippen LogP contribution in [-0.2, 0) is 11.0 Å². The number of nitrogen functional groups attached to an aromatic ring is 1. The molecule has 5 rings (SSSR count). The second-order valence-electron chi connectivity index (χ2n) is 9.31. The molecule has 0 saturated carbocycles. The third kappa shape index (κ3) is 6.57. The number of aromatic nitrogens is 4. The number of carbonyl (C=O) groups is 2. The number of nitrogens with one attached hydrogen (secondary N) is 2. The van der Waals surface area contributed by atoms with E-state index in [-0.39, 0.29) is 23.3 Å². The highest BCUT2D eigenvalue weighted by Gasteiger charge is 2.32. The van der Waals surface area contributed by atoms with Gasteiger partial charge in [0.15, 0.2) is 5.65 Å². The maximum absolute atomic E-state index is 14.2. The number of methoxy groups -OCH3 is 1. The van der Waals surface area contributed by atoms with Gasteiger partial charge in [-0.1, -0.05) is 6.07 Å². The Bertz CT molecular complexity index is 1610. The topological polar surface area (TPSA) is 157 Å². The lowest BCUT2D eigenvalue weighted by Crippen LogP contribution is -2.30. The Morgan fingerprint density at radius 1 is 1.14 bits per heavy atom. The van der Waals surface area contributed by atoms with E-state index in [1.807, 2.05) is 4.68 Å². The lowest BCUT2D eigenvalue weighted by atomic mass is 10.1. The number of hydrogen-bond acceptors (Lipinski definition) is 8. The molecule has 1 aliphatic heterocycles. The standard InChI is InChI=1S/C25H23F4N7O2.C2H4O2/c1-38-19-10-13(2-5-18(19)34-24(37)16-11-14(25(27,28)29)3-4-17(16)26)21-20-22(30)32-12-33-23(20)36(35-21)15-6-8-31-9-7-15;1-2(3)4/h2-5,10-12,15,31H,6-9H2,1H3,(H,34,37)(H2,30,32,33);1H3,(H,3,4). The number of amides is 1. The minimum absolute atomic E-state index is 0.115. The summed E-state index contributed by atoms with van der Waals surface area (Å²) in [6.45, 7) is 2.77. The molecule has 2 aromatic carbocycles. The predicted octanol–water partition coefficient (Wildman–Crippen LogP) is 4.51. The van der Waals surface area contributed by atoms with E-state index < -0.39 is 35.0 Å². The van der Waals surface area contributed by atoms with Crippen molar-refractivity contribution in [2.24, 2.45) is 0 Å². The summed E-state index contributed by atoms with van der Waals surface area (Å²) in [4.78, 5) is 30.2. The van der Waals surface area contributed by atoms with Crippen LogP contribution in [0.2, 0.25) is 0 Å². The Balaban J connectivity index is 0.000000952. The van der Waals surface area contributed by atoms with Gasteiger partial charge in [0.25, 0.3) is 11.9 Å². The van der Waals surface area contributed by atoms with Crippen LogP contribution in [0, 0.1) is 5.82 Å². The van der Waals surface area contributed by atoms with Crippen LogP contribution in [0.4, 0.5) is 29.1 Å². The summed E-state index contributed by atoms with van der Waals surface area (Å²) in [7, 11) is 1.36. The largest absolute Gasteiger partial charge is 0.495 e. The number of nitrogens with two attached hydrogens (primary N) is 1.